The van der Waals surface area contributed by atoms with E-state index in [-0.39, 0.29) is 11.7 Å². The molecule has 0 spiro atoms. The Bertz CT molecular complexity index is 467. The summed E-state index contributed by atoms with van der Waals surface area (Å²) in [5.41, 5.74) is 0. The average molecular weight is 294 g/mol. The van der Waals surface area contributed by atoms with Crippen LogP contribution in [0.5, 0.6) is 5.75 Å². The van der Waals surface area contributed by atoms with Gasteiger partial charge < -0.3 is 15.0 Å². The van der Waals surface area contributed by atoms with Gasteiger partial charge in [-0.05, 0) is 45.0 Å². The fourth-order valence-electron chi connectivity index (χ4n) is 2.54. The van der Waals surface area contributed by atoms with Crippen LogP contribution in [0.3, 0.4) is 0 Å². The molecule has 1 fully saturated rings. The average Bonchev–Trinajstić information content (AvgIpc) is 2.87. The lowest BCUT2D eigenvalue weighted by Gasteiger charge is -2.19. The highest BCUT2D eigenvalue weighted by Crippen LogP contribution is 2.14. The van der Waals surface area contributed by atoms with Crippen molar-refractivity contribution in [2.75, 3.05) is 26.7 Å². The van der Waals surface area contributed by atoms with E-state index in [1.54, 1.807) is 12.1 Å². The predicted octanol–water partition coefficient (Wildman–Crippen LogP) is 2.20. The maximum atomic E-state index is 12.9. The van der Waals surface area contributed by atoms with Gasteiger partial charge in [0, 0.05) is 25.1 Å². The van der Waals surface area contributed by atoms with E-state index in [4.69, 9.17) is 4.74 Å². The number of amides is 1. The first-order valence-electron chi connectivity index (χ1n) is 7.50. The van der Waals surface area contributed by atoms with Crippen molar-refractivity contribution in [2.24, 2.45) is 0 Å². The number of ether oxygens (including phenoxy) is 1. The number of likely N-dealkylation sites (N-methyl/N-ethyl adjacent to an activating group) is 1. The SMILES string of the molecule is CN1CCCC1CNC(=O)CCCOc1cccc(F)c1. The van der Waals surface area contributed by atoms with Gasteiger partial charge in [-0.25, -0.2) is 4.39 Å². The Labute approximate surface area is 125 Å². The van der Waals surface area contributed by atoms with Crippen LogP contribution in [0.2, 0.25) is 0 Å². The lowest BCUT2D eigenvalue weighted by Crippen LogP contribution is -2.38. The largest absolute Gasteiger partial charge is 0.493 e. The number of halogens is 1. The number of likely N-dealkylation sites (tertiary alicyclic amines) is 1. The molecule has 1 atom stereocenters. The third-order valence-electron chi connectivity index (χ3n) is 3.82. The van der Waals surface area contributed by atoms with Crippen LogP contribution in [0.1, 0.15) is 25.7 Å². The minimum Gasteiger partial charge on any atom is -0.493 e. The quantitative estimate of drug-likeness (QED) is 0.784. The summed E-state index contributed by atoms with van der Waals surface area (Å²) < 4.78 is 18.3. The van der Waals surface area contributed by atoms with Crippen molar-refractivity contribution < 1.29 is 13.9 Å². The molecule has 5 heteroatoms. The van der Waals surface area contributed by atoms with Crippen LogP contribution < -0.4 is 10.1 Å². The van der Waals surface area contributed by atoms with Crippen LogP contribution in [0, 0.1) is 5.82 Å². The first-order chi connectivity index (χ1) is 10.1. The standard InChI is InChI=1S/C16H23FN2O2/c1-19-9-3-6-14(19)12-18-16(20)8-4-10-21-15-7-2-5-13(17)11-15/h2,5,7,11,14H,3-4,6,8-10,12H2,1H3,(H,18,20). The van der Waals surface area contributed by atoms with Gasteiger partial charge in [0.25, 0.3) is 0 Å². The van der Waals surface area contributed by atoms with Crippen molar-refractivity contribution in [3.8, 4) is 5.75 Å². The van der Waals surface area contributed by atoms with Crippen molar-refractivity contribution >= 4 is 5.91 Å². The molecule has 1 aliphatic heterocycles. The molecule has 0 aliphatic carbocycles. The second-order valence-corrected chi connectivity index (χ2v) is 5.49. The van der Waals surface area contributed by atoms with E-state index >= 15 is 0 Å². The first kappa shape index (κ1) is 15.8. The Morgan fingerprint density at radius 1 is 1.52 bits per heavy atom. The second-order valence-electron chi connectivity index (χ2n) is 5.49. The van der Waals surface area contributed by atoms with Gasteiger partial charge in [0.05, 0.1) is 6.61 Å². The predicted molar refractivity (Wildman–Crippen MR) is 79.8 cm³/mol. The maximum Gasteiger partial charge on any atom is 0.220 e. The third-order valence-corrected chi connectivity index (χ3v) is 3.82. The van der Waals surface area contributed by atoms with Gasteiger partial charge in [0.1, 0.15) is 11.6 Å². The summed E-state index contributed by atoms with van der Waals surface area (Å²) in [6, 6.07) is 6.50. The number of nitrogens with zero attached hydrogens (tertiary/aromatic N) is 1. The summed E-state index contributed by atoms with van der Waals surface area (Å²) >= 11 is 0. The van der Waals surface area contributed by atoms with Gasteiger partial charge in [-0.1, -0.05) is 6.07 Å². The van der Waals surface area contributed by atoms with Crippen LogP contribution >= 0.6 is 0 Å². The number of benzene rings is 1. The Morgan fingerprint density at radius 3 is 3.10 bits per heavy atom. The molecule has 0 bridgehead atoms. The summed E-state index contributed by atoms with van der Waals surface area (Å²) in [5.74, 6) is 0.243. The van der Waals surface area contributed by atoms with Gasteiger partial charge in [0.15, 0.2) is 0 Å². The van der Waals surface area contributed by atoms with E-state index in [2.05, 4.69) is 17.3 Å². The molecular weight excluding hydrogens is 271 g/mol. The van der Waals surface area contributed by atoms with Gasteiger partial charge in [-0.15, -0.1) is 0 Å². The number of carbonyl (C=O) groups is 1. The smallest absolute Gasteiger partial charge is 0.220 e. The molecule has 21 heavy (non-hydrogen) atoms. The Balaban J connectivity index is 1.57. The Hall–Kier alpha value is -1.62. The molecule has 1 amide bonds. The van der Waals surface area contributed by atoms with Gasteiger partial charge >= 0.3 is 0 Å². The molecule has 2 rings (SSSR count). The van der Waals surface area contributed by atoms with Gasteiger partial charge in [-0.2, -0.15) is 0 Å². The lowest BCUT2D eigenvalue weighted by atomic mass is 10.2. The van der Waals surface area contributed by atoms with Crippen LogP contribution in [-0.4, -0.2) is 43.6 Å². The van der Waals surface area contributed by atoms with Crippen LogP contribution in [-0.2, 0) is 4.79 Å². The van der Waals surface area contributed by atoms with E-state index in [1.807, 2.05) is 0 Å². The molecule has 0 aromatic heterocycles. The van der Waals surface area contributed by atoms with E-state index < -0.39 is 0 Å². The fraction of sp³-hybridized carbons (Fsp3) is 0.562. The molecule has 1 aliphatic rings. The zero-order valence-corrected chi connectivity index (χ0v) is 12.5. The highest BCUT2D eigenvalue weighted by Gasteiger charge is 2.20. The molecule has 0 radical (unpaired) electrons. The number of nitrogens with one attached hydrogen (secondary N) is 1. The van der Waals surface area contributed by atoms with Crippen LogP contribution in [0.25, 0.3) is 0 Å². The molecule has 1 saturated heterocycles. The second kappa shape index (κ2) is 7.98. The fourth-order valence-corrected chi connectivity index (χ4v) is 2.54. The molecule has 1 unspecified atom stereocenters. The molecule has 1 aromatic carbocycles. The van der Waals surface area contributed by atoms with Crippen LogP contribution in [0.4, 0.5) is 4.39 Å². The zero-order chi connectivity index (χ0) is 15.1. The van der Waals surface area contributed by atoms with Crippen molar-refractivity contribution in [1.29, 1.82) is 0 Å². The summed E-state index contributed by atoms with van der Waals surface area (Å²) in [6.07, 6.45) is 3.42. The number of hydrogen-bond donors (Lipinski definition) is 1. The number of carbonyl (C=O) groups excluding carboxylic acids is 1. The molecule has 1 heterocycles. The number of hydrogen-bond acceptors (Lipinski definition) is 3. The molecule has 0 saturated carbocycles. The van der Waals surface area contributed by atoms with Crippen molar-refractivity contribution in [3.63, 3.8) is 0 Å². The monoisotopic (exact) mass is 294 g/mol. The number of rotatable bonds is 7. The molecule has 1 aromatic rings. The van der Waals surface area contributed by atoms with Crippen LogP contribution in [0.15, 0.2) is 24.3 Å². The van der Waals surface area contributed by atoms with Gasteiger partial charge in [-0.3, -0.25) is 4.79 Å². The molecular formula is C16H23FN2O2. The highest BCUT2D eigenvalue weighted by atomic mass is 19.1. The summed E-state index contributed by atoms with van der Waals surface area (Å²) in [7, 11) is 2.09. The van der Waals surface area contributed by atoms with Gasteiger partial charge in [0.2, 0.25) is 5.91 Å². The topological polar surface area (TPSA) is 41.6 Å². The molecule has 4 nitrogen and oxygen atoms in total. The normalized spacial score (nSPS) is 18.7. The van der Waals surface area contributed by atoms with Crippen molar-refractivity contribution in [3.05, 3.63) is 30.1 Å². The van der Waals surface area contributed by atoms with Crippen molar-refractivity contribution in [2.45, 2.75) is 31.7 Å². The minimum absolute atomic E-state index is 0.0538. The Kier molecular flexibility index (Phi) is 5.99. The zero-order valence-electron chi connectivity index (χ0n) is 12.5. The van der Waals surface area contributed by atoms with Crippen molar-refractivity contribution in [1.82, 2.24) is 10.2 Å². The van der Waals surface area contributed by atoms with E-state index in [0.29, 0.717) is 31.2 Å². The highest BCUT2D eigenvalue weighted by molar-refractivity contribution is 5.75. The van der Waals surface area contributed by atoms with E-state index in [9.17, 15) is 9.18 Å². The Morgan fingerprint density at radius 2 is 2.38 bits per heavy atom. The van der Waals surface area contributed by atoms with E-state index in [1.165, 1.54) is 18.6 Å². The summed E-state index contributed by atoms with van der Waals surface area (Å²) in [5, 5.41) is 2.97. The first-order valence-corrected chi connectivity index (χ1v) is 7.50. The van der Waals surface area contributed by atoms with E-state index in [0.717, 1.165) is 19.5 Å². The molecule has 116 valence electrons. The lowest BCUT2D eigenvalue weighted by molar-refractivity contribution is -0.121. The molecule has 1 N–H and O–H groups in total. The third kappa shape index (κ3) is 5.34. The maximum absolute atomic E-state index is 12.9. The summed E-state index contributed by atoms with van der Waals surface area (Å²) in [4.78, 5) is 14.0. The summed E-state index contributed by atoms with van der Waals surface area (Å²) in [6.45, 7) is 2.25. The minimum atomic E-state index is -0.314.